The van der Waals surface area contributed by atoms with Crippen LogP contribution in [0.25, 0.3) is 0 Å². The summed E-state index contributed by atoms with van der Waals surface area (Å²) in [4.78, 5) is 2.69. The number of nitriles is 1. The first-order valence-corrected chi connectivity index (χ1v) is 10.1. The Hall–Kier alpha value is -2.31. The Labute approximate surface area is 162 Å². The second-order valence-electron chi connectivity index (χ2n) is 8.26. The summed E-state index contributed by atoms with van der Waals surface area (Å²) in [5.74, 6) is 1.57. The van der Waals surface area contributed by atoms with Crippen molar-refractivity contribution in [2.75, 3.05) is 13.2 Å². The molecule has 1 saturated heterocycles. The van der Waals surface area contributed by atoms with Crippen LogP contribution in [0, 0.1) is 24.2 Å². The third kappa shape index (κ3) is 4.01. The zero-order valence-electron chi connectivity index (χ0n) is 16.3. The van der Waals surface area contributed by atoms with Crippen LogP contribution in [0.15, 0.2) is 42.5 Å². The highest BCUT2D eigenvalue weighted by molar-refractivity contribution is 5.40. The zero-order chi connectivity index (χ0) is 18.8. The Morgan fingerprint density at radius 3 is 2.74 bits per heavy atom. The molecule has 0 spiro atoms. The molecule has 0 aromatic heterocycles. The molecular formula is C24H28N2O. The van der Waals surface area contributed by atoms with Gasteiger partial charge in [0.1, 0.15) is 5.75 Å². The van der Waals surface area contributed by atoms with Crippen molar-refractivity contribution in [1.82, 2.24) is 4.90 Å². The smallest absolute Gasteiger partial charge is 0.119 e. The van der Waals surface area contributed by atoms with Gasteiger partial charge in [-0.3, -0.25) is 4.90 Å². The molecule has 2 aromatic rings. The van der Waals surface area contributed by atoms with Crippen molar-refractivity contribution >= 4 is 0 Å². The van der Waals surface area contributed by atoms with Gasteiger partial charge < -0.3 is 4.74 Å². The number of aryl methyl sites for hydroxylation is 2. The van der Waals surface area contributed by atoms with Gasteiger partial charge in [-0.15, -0.1) is 0 Å². The lowest BCUT2D eigenvalue weighted by Gasteiger charge is -2.35. The fraction of sp³-hybridized carbons (Fsp3) is 0.458. The summed E-state index contributed by atoms with van der Waals surface area (Å²) in [6.07, 6.45) is 4.61. The molecule has 27 heavy (non-hydrogen) atoms. The molecular weight excluding hydrogens is 332 g/mol. The van der Waals surface area contributed by atoms with Crippen molar-refractivity contribution < 1.29 is 4.74 Å². The minimum atomic E-state index is 0.589. The van der Waals surface area contributed by atoms with Crippen molar-refractivity contribution in [3.8, 4) is 11.8 Å². The predicted molar refractivity (Wildman–Crippen MR) is 108 cm³/mol. The van der Waals surface area contributed by atoms with E-state index in [1.165, 1.54) is 29.5 Å². The molecule has 1 aliphatic carbocycles. The number of hydrogen-bond donors (Lipinski definition) is 0. The molecule has 0 N–H and O–H groups in total. The number of nitrogens with zero attached hydrogens (tertiary/aromatic N) is 2. The minimum absolute atomic E-state index is 0.589. The summed E-state index contributed by atoms with van der Waals surface area (Å²) < 4.78 is 6.05. The molecule has 0 saturated carbocycles. The van der Waals surface area contributed by atoms with Crippen molar-refractivity contribution in [3.05, 3.63) is 64.7 Å². The summed E-state index contributed by atoms with van der Waals surface area (Å²) in [5, 5.41) is 9.19. The van der Waals surface area contributed by atoms with E-state index in [1.54, 1.807) is 0 Å². The van der Waals surface area contributed by atoms with E-state index >= 15 is 0 Å². The molecule has 0 bridgehead atoms. The largest absolute Gasteiger partial charge is 0.493 e. The zero-order valence-corrected chi connectivity index (χ0v) is 16.3. The van der Waals surface area contributed by atoms with E-state index in [9.17, 15) is 5.26 Å². The SMILES string of the molecule is Cc1ccc(OC[C@H]2C[C@@H](C)N(C3CCc4ccc(C#N)cc4C3)C2)cc1. The van der Waals surface area contributed by atoms with Crippen LogP contribution in [0.4, 0.5) is 0 Å². The van der Waals surface area contributed by atoms with Gasteiger partial charge in [0.25, 0.3) is 0 Å². The van der Waals surface area contributed by atoms with E-state index in [1.807, 2.05) is 6.07 Å². The lowest BCUT2D eigenvalue weighted by atomic mass is 9.86. The summed E-state index contributed by atoms with van der Waals surface area (Å²) in [6, 6.07) is 18.0. The standard InChI is InChI=1S/C24H28N2O/c1-17-3-9-24(10-4-17)27-16-20-11-18(2)26(15-20)23-8-7-21-6-5-19(14-25)12-22(21)13-23/h3-6,9-10,12,18,20,23H,7-8,11,13,15-16H2,1-2H3/t18-,20+,23?/m1/s1. The first-order chi connectivity index (χ1) is 13.1. The Kier molecular flexibility index (Phi) is 5.18. The summed E-state index contributed by atoms with van der Waals surface area (Å²) in [5.41, 5.74) is 4.85. The van der Waals surface area contributed by atoms with Crippen molar-refractivity contribution in [2.24, 2.45) is 5.92 Å². The minimum Gasteiger partial charge on any atom is -0.493 e. The van der Waals surface area contributed by atoms with E-state index in [-0.39, 0.29) is 0 Å². The van der Waals surface area contributed by atoms with Crippen LogP contribution in [-0.4, -0.2) is 30.1 Å². The Bertz CT molecular complexity index is 836. The Morgan fingerprint density at radius 1 is 1.15 bits per heavy atom. The van der Waals surface area contributed by atoms with Crippen molar-refractivity contribution in [1.29, 1.82) is 5.26 Å². The lowest BCUT2D eigenvalue weighted by molar-refractivity contribution is 0.164. The maximum atomic E-state index is 9.19. The van der Waals surface area contributed by atoms with Gasteiger partial charge in [-0.25, -0.2) is 0 Å². The monoisotopic (exact) mass is 360 g/mol. The van der Waals surface area contributed by atoms with Crippen LogP contribution in [0.1, 0.15) is 42.0 Å². The molecule has 3 heteroatoms. The van der Waals surface area contributed by atoms with E-state index in [0.717, 1.165) is 37.3 Å². The number of hydrogen-bond acceptors (Lipinski definition) is 3. The average molecular weight is 361 g/mol. The van der Waals surface area contributed by atoms with Crippen LogP contribution in [0.2, 0.25) is 0 Å². The number of fused-ring (bicyclic) bond motifs is 1. The molecule has 1 fully saturated rings. The molecule has 3 nitrogen and oxygen atoms in total. The van der Waals surface area contributed by atoms with Crippen molar-refractivity contribution in [3.63, 3.8) is 0 Å². The topological polar surface area (TPSA) is 36.3 Å². The molecule has 2 aromatic carbocycles. The van der Waals surface area contributed by atoms with Gasteiger partial charge in [0.05, 0.1) is 18.2 Å². The van der Waals surface area contributed by atoms with Gasteiger partial charge in [-0.05, 0) is 74.9 Å². The predicted octanol–water partition coefficient (Wildman–Crippen LogP) is 4.51. The van der Waals surface area contributed by atoms with Gasteiger partial charge in [0.2, 0.25) is 0 Å². The van der Waals surface area contributed by atoms with Crippen LogP contribution in [-0.2, 0) is 12.8 Å². The van der Waals surface area contributed by atoms with Crippen LogP contribution < -0.4 is 4.74 Å². The van der Waals surface area contributed by atoms with E-state index in [4.69, 9.17) is 4.74 Å². The number of likely N-dealkylation sites (tertiary alicyclic amines) is 1. The summed E-state index contributed by atoms with van der Waals surface area (Å²) in [7, 11) is 0. The second kappa shape index (κ2) is 7.74. The maximum Gasteiger partial charge on any atom is 0.119 e. The lowest BCUT2D eigenvalue weighted by Crippen LogP contribution is -2.41. The highest BCUT2D eigenvalue weighted by Gasteiger charge is 2.35. The van der Waals surface area contributed by atoms with Gasteiger partial charge in [-0.1, -0.05) is 23.8 Å². The van der Waals surface area contributed by atoms with E-state index in [0.29, 0.717) is 18.0 Å². The van der Waals surface area contributed by atoms with Crippen LogP contribution in [0.3, 0.4) is 0 Å². The fourth-order valence-corrected chi connectivity index (χ4v) is 4.74. The van der Waals surface area contributed by atoms with Gasteiger partial charge in [-0.2, -0.15) is 5.26 Å². The summed E-state index contributed by atoms with van der Waals surface area (Å²) >= 11 is 0. The van der Waals surface area contributed by atoms with E-state index in [2.05, 4.69) is 61.2 Å². The number of ether oxygens (including phenoxy) is 1. The molecule has 0 radical (unpaired) electrons. The third-order valence-electron chi connectivity index (χ3n) is 6.22. The Morgan fingerprint density at radius 2 is 1.96 bits per heavy atom. The molecule has 140 valence electrons. The molecule has 1 heterocycles. The Balaban J connectivity index is 1.37. The maximum absolute atomic E-state index is 9.19. The van der Waals surface area contributed by atoms with Gasteiger partial charge in [0.15, 0.2) is 0 Å². The first kappa shape index (κ1) is 18.1. The molecule has 4 rings (SSSR count). The fourth-order valence-electron chi connectivity index (χ4n) is 4.74. The first-order valence-electron chi connectivity index (χ1n) is 10.1. The highest BCUT2D eigenvalue weighted by atomic mass is 16.5. The second-order valence-corrected chi connectivity index (χ2v) is 8.26. The number of benzene rings is 2. The third-order valence-corrected chi connectivity index (χ3v) is 6.22. The van der Waals surface area contributed by atoms with E-state index < -0.39 is 0 Å². The van der Waals surface area contributed by atoms with Gasteiger partial charge >= 0.3 is 0 Å². The highest BCUT2D eigenvalue weighted by Crippen LogP contribution is 2.32. The van der Waals surface area contributed by atoms with Crippen LogP contribution in [0.5, 0.6) is 5.75 Å². The molecule has 3 atom stereocenters. The normalized spacial score (nSPS) is 25.0. The summed E-state index contributed by atoms with van der Waals surface area (Å²) in [6.45, 7) is 6.37. The molecule has 2 aliphatic rings. The number of rotatable bonds is 4. The quantitative estimate of drug-likeness (QED) is 0.805. The molecule has 0 amide bonds. The van der Waals surface area contributed by atoms with Gasteiger partial charge in [0, 0.05) is 24.5 Å². The average Bonchev–Trinajstić information content (AvgIpc) is 3.07. The van der Waals surface area contributed by atoms with Crippen LogP contribution >= 0.6 is 0 Å². The van der Waals surface area contributed by atoms with Crippen molar-refractivity contribution in [2.45, 2.75) is 51.6 Å². The molecule has 1 aliphatic heterocycles. The molecule has 1 unspecified atom stereocenters.